The van der Waals surface area contributed by atoms with Gasteiger partial charge < -0.3 is 19.8 Å². The summed E-state index contributed by atoms with van der Waals surface area (Å²) in [4.78, 5) is 30.1. The lowest BCUT2D eigenvalue weighted by atomic mass is 10.1. The van der Waals surface area contributed by atoms with E-state index in [1.807, 2.05) is 33.8 Å². The molecule has 9 heteroatoms. The number of aryl methyl sites for hydroxylation is 2. The fourth-order valence-corrected chi connectivity index (χ4v) is 3.85. The number of ether oxygens (including phenoxy) is 1. The monoisotopic (exact) mass is 461 g/mol. The van der Waals surface area contributed by atoms with Crippen molar-refractivity contribution in [2.24, 2.45) is 0 Å². The van der Waals surface area contributed by atoms with Gasteiger partial charge in [-0.2, -0.15) is 5.10 Å². The average Bonchev–Trinajstić information content (AvgIpc) is 3.36. The lowest BCUT2D eigenvalue weighted by molar-refractivity contribution is -0.114. The van der Waals surface area contributed by atoms with Gasteiger partial charge in [0.15, 0.2) is 5.65 Å². The molecule has 0 spiro atoms. The number of carbonyl (C=O) groups is 2. The van der Waals surface area contributed by atoms with Gasteiger partial charge in [0.25, 0.3) is 5.91 Å². The molecule has 1 aromatic carbocycles. The molecule has 2 N–H and O–H groups in total. The van der Waals surface area contributed by atoms with Gasteiger partial charge in [0.2, 0.25) is 5.91 Å². The number of hydrogen-bond donors (Lipinski definition) is 2. The summed E-state index contributed by atoms with van der Waals surface area (Å²) in [6.45, 7) is 9.15. The van der Waals surface area contributed by atoms with E-state index in [2.05, 4.69) is 15.7 Å². The third-order valence-corrected chi connectivity index (χ3v) is 5.40. The first-order chi connectivity index (χ1) is 16.2. The van der Waals surface area contributed by atoms with E-state index >= 15 is 0 Å². The fraction of sp³-hybridized carbons (Fsp3) is 0.280. The van der Waals surface area contributed by atoms with Gasteiger partial charge in [0.1, 0.15) is 17.3 Å². The number of methoxy groups -OCH3 is 1. The molecule has 0 aliphatic rings. The number of furan rings is 1. The molecule has 0 bridgehead atoms. The van der Waals surface area contributed by atoms with Crippen molar-refractivity contribution in [2.75, 3.05) is 17.7 Å². The van der Waals surface area contributed by atoms with Crippen LogP contribution in [0.3, 0.4) is 0 Å². The fourth-order valence-electron chi connectivity index (χ4n) is 3.85. The molecule has 0 unspecified atom stereocenters. The van der Waals surface area contributed by atoms with Gasteiger partial charge in [-0.05, 0) is 52.0 Å². The Morgan fingerprint density at radius 3 is 2.47 bits per heavy atom. The molecule has 34 heavy (non-hydrogen) atoms. The highest BCUT2D eigenvalue weighted by Crippen LogP contribution is 2.32. The predicted octanol–water partition coefficient (Wildman–Crippen LogP) is 5.11. The maximum absolute atomic E-state index is 13.6. The first-order valence-electron chi connectivity index (χ1n) is 10.9. The largest absolute Gasteiger partial charge is 0.497 e. The predicted molar refractivity (Wildman–Crippen MR) is 130 cm³/mol. The van der Waals surface area contributed by atoms with Crippen LogP contribution < -0.4 is 15.4 Å². The molecule has 176 valence electrons. The van der Waals surface area contributed by atoms with E-state index in [0.29, 0.717) is 45.2 Å². The summed E-state index contributed by atoms with van der Waals surface area (Å²) in [5.41, 5.74) is 3.31. The lowest BCUT2D eigenvalue weighted by Gasteiger charge is -2.14. The Kier molecular flexibility index (Phi) is 6.10. The highest BCUT2D eigenvalue weighted by atomic mass is 16.5. The molecule has 0 saturated heterocycles. The van der Waals surface area contributed by atoms with Crippen molar-refractivity contribution in [2.45, 2.75) is 40.7 Å². The molecule has 3 heterocycles. The second-order valence-corrected chi connectivity index (χ2v) is 8.35. The number of pyridine rings is 1. The van der Waals surface area contributed by atoms with E-state index in [9.17, 15) is 9.59 Å². The number of amides is 2. The summed E-state index contributed by atoms with van der Waals surface area (Å²) >= 11 is 0. The van der Waals surface area contributed by atoms with Crippen LogP contribution in [0.25, 0.3) is 22.3 Å². The topological polar surface area (TPSA) is 111 Å². The number of nitrogens with one attached hydrogen (secondary N) is 2. The van der Waals surface area contributed by atoms with Crippen molar-refractivity contribution >= 4 is 34.2 Å². The third kappa shape index (κ3) is 4.36. The van der Waals surface area contributed by atoms with Crippen LogP contribution in [0.2, 0.25) is 0 Å². The molecule has 9 nitrogen and oxygen atoms in total. The Morgan fingerprint density at radius 1 is 1.09 bits per heavy atom. The zero-order valence-corrected chi connectivity index (χ0v) is 20.0. The van der Waals surface area contributed by atoms with Gasteiger partial charge in [0.05, 0.1) is 41.3 Å². The van der Waals surface area contributed by atoms with Crippen LogP contribution in [0, 0.1) is 13.8 Å². The summed E-state index contributed by atoms with van der Waals surface area (Å²) in [5, 5.41) is 10.7. The van der Waals surface area contributed by atoms with Crippen LogP contribution in [-0.4, -0.2) is 33.7 Å². The zero-order chi connectivity index (χ0) is 24.6. The van der Waals surface area contributed by atoms with Gasteiger partial charge in [-0.25, -0.2) is 9.67 Å². The van der Waals surface area contributed by atoms with Crippen molar-refractivity contribution in [3.63, 3.8) is 0 Å². The molecule has 2 amide bonds. The summed E-state index contributed by atoms with van der Waals surface area (Å²) in [5.74, 6) is 1.40. The number of fused-ring (bicyclic) bond motifs is 1. The standard InChI is InChI=1S/C25H27N5O4/c1-13(2)30-24-20(12-26-30)19(11-22(28-24)18-9-14(3)34-15(18)4)25(32)29-23-10-17(33-6)7-8-21(23)27-16(5)31/h7-13H,1-6H3,(H,27,31)(H,29,32). The normalized spacial score (nSPS) is 11.1. The quantitative estimate of drug-likeness (QED) is 0.413. The van der Waals surface area contributed by atoms with Crippen molar-refractivity contribution in [1.29, 1.82) is 0 Å². The van der Waals surface area contributed by atoms with Gasteiger partial charge in [-0.15, -0.1) is 0 Å². The van der Waals surface area contributed by atoms with Gasteiger partial charge >= 0.3 is 0 Å². The van der Waals surface area contributed by atoms with Crippen molar-refractivity contribution < 1.29 is 18.7 Å². The molecule has 0 radical (unpaired) electrons. The minimum Gasteiger partial charge on any atom is -0.497 e. The SMILES string of the molecule is COc1ccc(NC(C)=O)c(NC(=O)c2cc(-c3cc(C)oc3C)nc3c2cnn3C(C)C)c1. The minimum absolute atomic E-state index is 0.0492. The molecule has 0 fully saturated rings. The van der Waals surface area contributed by atoms with Crippen LogP contribution >= 0.6 is 0 Å². The van der Waals surface area contributed by atoms with E-state index < -0.39 is 0 Å². The Morgan fingerprint density at radius 2 is 1.85 bits per heavy atom. The second kappa shape index (κ2) is 9.01. The summed E-state index contributed by atoms with van der Waals surface area (Å²) in [6, 6.07) is 8.73. The molecular formula is C25H27N5O4. The molecule has 3 aromatic heterocycles. The number of aromatic nitrogens is 3. The van der Waals surface area contributed by atoms with Crippen LogP contribution in [0.1, 0.15) is 48.7 Å². The second-order valence-electron chi connectivity index (χ2n) is 8.35. The van der Waals surface area contributed by atoms with Crippen LogP contribution in [0.5, 0.6) is 5.75 Å². The number of hydrogen-bond acceptors (Lipinski definition) is 6. The molecule has 0 aliphatic carbocycles. The molecular weight excluding hydrogens is 434 g/mol. The molecule has 0 aliphatic heterocycles. The van der Waals surface area contributed by atoms with Crippen LogP contribution in [0.15, 0.2) is 40.9 Å². The number of carbonyl (C=O) groups excluding carboxylic acids is 2. The van der Waals surface area contributed by atoms with Crippen LogP contribution in [0.4, 0.5) is 11.4 Å². The Hall–Kier alpha value is -4.14. The molecule has 0 atom stereocenters. The van der Waals surface area contributed by atoms with E-state index in [1.54, 1.807) is 35.1 Å². The Labute approximate surface area is 197 Å². The van der Waals surface area contributed by atoms with Gasteiger partial charge in [0, 0.05) is 24.6 Å². The van der Waals surface area contributed by atoms with Gasteiger partial charge in [-0.1, -0.05) is 0 Å². The highest BCUT2D eigenvalue weighted by molar-refractivity contribution is 6.14. The van der Waals surface area contributed by atoms with Crippen molar-refractivity contribution in [3.8, 4) is 17.0 Å². The van der Waals surface area contributed by atoms with E-state index in [-0.39, 0.29) is 17.9 Å². The van der Waals surface area contributed by atoms with Crippen molar-refractivity contribution in [1.82, 2.24) is 14.8 Å². The number of anilines is 2. The van der Waals surface area contributed by atoms with Gasteiger partial charge in [-0.3, -0.25) is 9.59 Å². The Balaban J connectivity index is 1.85. The van der Waals surface area contributed by atoms with E-state index in [4.69, 9.17) is 14.1 Å². The van der Waals surface area contributed by atoms with E-state index in [0.717, 1.165) is 11.3 Å². The Bertz CT molecular complexity index is 1400. The summed E-state index contributed by atoms with van der Waals surface area (Å²) in [6.07, 6.45) is 1.65. The highest BCUT2D eigenvalue weighted by Gasteiger charge is 2.21. The molecule has 4 aromatic rings. The molecule has 4 rings (SSSR count). The zero-order valence-electron chi connectivity index (χ0n) is 20.0. The maximum atomic E-state index is 13.6. The number of nitrogens with zero attached hydrogens (tertiary/aromatic N) is 3. The first kappa shape index (κ1) is 23.0. The van der Waals surface area contributed by atoms with E-state index in [1.165, 1.54) is 14.0 Å². The average molecular weight is 462 g/mol. The minimum atomic E-state index is -0.366. The first-order valence-corrected chi connectivity index (χ1v) is 10.9. The maximum Gasteiger partial charge on any atom is 0.256 e. The van der Waals surface area contributed by atoms with Crippen molar-refractivity contribution in [3.05, 3.63) is 53.6 Å². The third-order valence-electron chi connectivity index (χ3n) is 5.40. The summed E-state index contributed by atoms with van der Waals surface area (Å²) in [7, 11) is 1.53. The summed E-state index contributed by atoms with van der Waals surface area (Å²) < 4.78 is 12.8. The smallest absolute Gasteiger partial charge is 0.256 e. The number of rotatable bonds is 6. The molecule has 0 saturated carbocycles. The lowest BCUT2D eigenvalue weighted by Crippen LogP contribution is -2.16. The van der Waals surface area contributed by atoms with Crippen LogP contribution in [-0.2, 0) is 4.79 Å². The number of benzene rings is 1.